The van der Waals surface area contributed by atoms with E-state index < -0.39 is 0 Å². The van der Waals surface area contributed by atoms with Crippen LogP contribution in [0.5, 0.6) is 0 Å². The minimum atomic E-state index is 0.0111. The van der Waals surface area contributed by atoms with Gasteiger partial charge in [-0.05, 0) is 18.1 Å². The lowest BCUT2D eigenvalue weighted by Gasteiger charge is -2.34. The summed E-state index contributed by atoms with van der Waals surface area (Å²) < 4.78 is 11.4. The van der Waals surface area contributed by atoms with Crippen molar-refractivity contribution in [3.63, 3.8) is 0 Å². The molecular weight excluding hydrogens is 294 g/mol. The Balaban J connectivity index is 1.39. The fraction of sp³-hybridized carbons (Fsp3) is 0.647. The maximum Gasteiger partial charge on any atom is 0.228 e. The number of carbonyl (C=O) groups is 1. The number of nitrogens with zero attached hydrogens (tertiary/aromatic N) is 3. The van der Waals surface area contributed by atoms with Crippen LogP contribution in [-0.2, 0) is 20.8 Å². The standard InChI is InChI=1S/C17H23N3O3/c21-17(20-4-6-22-7-5-20)15-8-14-11-19(12-16(15)23-14)10-13-2-1-3-18-9-13/h1-3,9,14-16H,4-8,10-12H2/t14-,15+,16-/m1/s1. The van der Waals surface area contributed by atoms with Gasteiger partial charge in [-0.25, -0.2) is 0 Å². The highest BCUT2D eigenvalue weighted by molar-refractivity contribution is 5.80. The summed E-state index contributed by atoms with van der Waals surface area (Å²) in [6.07, 6.45) is 4.77. The van der Waals surface area contributed by atoms with Crippen molar-refractivity contribution in [1.82, 2.24) is 14.8 Å². The van der Waals surface area contributed by atoms with Gasteiger partial charge >= 0.3 is 0 Å². The number of aromatic nitrogens is 1. The maximum atomic E-state index is 12.8. The smallest absolute Gasteiger partial charge is 0.228 e. The van der Waals surface area contributed by atoms with E-state index >= 15 is 0 Å². The van der Waals surface area contributed by atoms with Crippen molar-refractivity contribution in [2.24, 2.45) is 5.92 Å². The lowest BCUT2D eigenvalue weighted by molar-refractivity contribution is -0.142. The molecule has 3 aliphatic heterocycles. The lowest BCUT2D eigenvalue weighted by atomic mass is 9.98. The Labute approximate surface area is 136 Å². The number of morpholine rings is 2. The Hall–Kier alpha value is -1.50. The Morgan fingerprint density at radius 3 is 2.96 bits per heavy atom. The Bertz CT molecular complexity index is 547. The van der Waals surface area contributed by atoms with Gasteiger partial charge in [0.1, 0.15) is 0 Å². The van der Waals surface area contributed by atoms with Crippen LogP contribution in [0, 0.1) is 5.92 Å². The van der Waals surface area contributed by atoms with E-state index in [0.717, 1.165) is 26.1 Å². The van der Waals surface area contributed by atoms with E-state index in [1.165, 1.54) is 5.56 Å². The molecule has 124 valence electrons. The molecule has 0 aliphatic carbocycles. The number of rotatable bonds is 3. The first-order valence-electron chi connectivity index (χ1n) is 8.43. The number of pyridine rings is 1. The molecule has 4 rings (SSSR count). The van der Waals surface area contributed by atoms with Crippen LogP contribution in [0.3, 0.4) is 0 Å². The van der Waals surface area contributed by atoms with Gasteiger partial charge in [0, 0.05) is 45.1 Å². The topological polar surface area (TPSA) is 54.9 Å². The quantitative estimate of drug-likeness (QED) is 0.814. The van der Waals surface area contributed by atoms with E-state index in [9.17, 15) is 4.79 Å². The van der Waals surface area contributed by atoms with Crippen LogP contribution in [0.2, 0.25) is 0 Å². The first kappa shape index (κ1) is 15.1. The molecule has 3 saturated heterocycles. The zero-order valence-corrected chi connectivity index (χ0v) is 13.3. The van der Waals surface area contributed by atoms with Crippen LogP contribution in [0.4, 0.5) is 0 Å². The Morgan fingerprint density at radius 1 is 1.30 bits per heavy atom. The number of carbonyl (C=O) groups excluding carboxylic acids is 1. The molecular formula is C17H23N3O3. The third-order valence-corrected chi connectivity index (χ3v) is 5.00. The van der Waals surface area contributed by atoms with Crippen LogP contribution < -0.4 is 0 Å². The second-order valence-corrected chi connectivity index (χ2v) is 6.63. The van der Waals surface area contributed by atoms with Gasteiger partial charge in [-0.2, -0.15) is 0 Å². The van der Waals surface area contributed by atoms with Gasteiger partial charge in [-0.1, -0.05) is 6.07 Å². The minimum absolute atomic E-state index is 0.0111. The molecule has 1 aromatic heterocycles. The lowest BCUT2D eigenvalue weighted by Crippen LogP contribution is -2.48. The van der Waals surface area contributed by atoms with Crippen LogP contribution >= 0.6 is 0 Å². The predicted molar refractivity (Wildman–Crippen MR) is 83.7 cm³/mol. The summed E-state index contributed by atoms with van der Waals surface area (Å²) in [5.41, 5.74) is 1.21. The summed E-state index contributed by atoms with van der Waals surface area (Å²) >= 11 is 0. The zero-order valence-electron chi connectivity index (χ0n) is 13.3. The molecule has 1 aromatic rings. The summed E-state index contributed by atoms with van der Waals surface area (Å²) in [4.78, 5) is 21.3. The highest BCUT2D eigenvalue weighted by atomic mass is 16.5. The van der Waals surface area contributed by atoms with Crippen molar-refractivity contribution in [3.05, 3.63) is 30.1 Å². The van der Waals surface area contributed by atoms with Gasteiger partial charge in [0.05, 0.1) is 31.3 Å². The molecule has 0 aromatic carbocycles. The normalized spacial score (nSPS) is 31.3. The fourth-order valence-corrected chi connectivity index (χ4v) is 3.89. The zero-order chi connectivity index (χ0) is 15.6. The molecule has 3 fully saturated rings. The van der Waals surface area contributed by atoms with E-state index in [-0.39, 0.29) is 24.0 Å². The molecule has 2 bridgehead atoms. The average molecular weight is 317 g/mol. The predicted octanol–water partition coefficient (Wildman–Crippen LogP) is 0.530. The molecule has 3 aliphatic rings. The average Bonchev–Trinajstić information content (AvgIpc) is 2.90. The second-order valence-electron chi connectivity index (χ2n) is 6.63. The first-order chi connectivity index (χ1) is 11.3. The van der Waals surface area contributed by atoms with E-state index in [1.807, 2.05) is 17.2 Å². The van der Waals surface area contributed by atoms with Gasteiger partial charge in [0.15, 0.2) is 0 Å². The number of amides is 1. The summed E-state index contributed by atoms with van der Waals surface area (Å²) in [5.74, 6) is 0.265. The van der Waals surface area contributed by atoms with Crippen LogP contribution in [0.25, 0.3) is 0 Å². The molecule has 0 spiro atoms. The van der Waals surface area contributed by atoms with Crippen molar-refractivity contribution in [1.29, 1.82) is 0 Å². The molecule has 0 saturated carbocycles. The van der Waals surface area contributed by atoms with Crippen LogP contribution in [0.1, 0.15) is 12.0 Å². The maximum absolute atomic E-state index is 12.8. The van der Waals surface area contributed by atoms with Gasteiger partial charge in [-0.15, -0.1) is 0 Å². The molecule has 6 nitrogen and oxygen atoms in total. The van der Waals surface area contributed by atoms with Gasteiger partial charge in [0.25, 0.3) is 0 Å². The summed E-state index contributed by atoms with van der Waals surface area (Å²) in [5, 5.41) is 0. The first-order valence-corrected chi connectivity index (χ1v) is 8.43. The highest BCUT2D eigenvalue weighted by Gasteiger charge is 2.45. The van der Waals surface area contributed by atoms with E-state index in [4.69, 9.17) is 9.47 Å². The third-order valence-electron chi connectivity index (χ3n) is 5.00. The third kappa shape index (κ3) is 3.24. The SMILES string of the molecule is O=C([C@H]1C[C@@H]2CN(Cc3cccnc3)C[C@H]1O2)N1CCOCC1. The summed E-state index contributed by atoms with van der Waals surface area (Å²) in [7, 11) is 0. The second kappa shape index (κ2) is 6.55. The van der Waals surface area contributed by atoms with Crippen molar-refractivity contribution < 1.29 is 14.3 Å². The Kier molecular flexibility index (Phi) is 4.29. The van der Waals surface area contributed by atoms with Crippen molar-refractivity contribution >= 4 is 5.91 Å². The fourth-order valence-electron chi connectivity index (χ4n) is 3.89. The monoisotopic (exact) mass is 317 g/mol. The molecule has 23 heavy (non-hydrogen) atoms. The summed E-state index contributed by atoms with van der Waals surface area (Å²) in [6, 6.07) is 4.07. The number of likely N-dealkylation sites (tertiary alicyclic amines) is 1. The number of hydrogen-bond donors (Lipinski definition) is 0. The molecule has 0 N–H and O–H groups in total. The van der Waals surface area contributed by atoms with Gasteiger partial charge < -0.3 is 14.4 Å². The number of ether oxygens (including phenoxy) is 2. The highest BCUT2D eigenvalue weighted by Crippen LogP contribution is 2.33. The van der Waals surface area contributed by atoms with Crippen LogP contribution in [-0.4, -0.2) is 72.3 Å². The molecule has 0 radical (unpaired) electrons. The van der Waals surface area contributed by atoms with Crippen molar-refractivity contribution in [2.45, 2.75) is 25.2 Å². The van der Waals surface area contributed by atoms with E-state index in [2.05, 4.69) is 16.0 Å². The Morgan fingerprint density at radius 2 is 2.17 bits per heavy atom. The molecule has 0 unspecified atom stereocenters. The van der Waals surface area contributed by atoms with E-state index in [1.54, 1.807) is 6.20 Å². The minimum Gasteiger partial charge on any atom is -0.378 e. The number of fused-ring (bicyclic) bond motifs is 2. The summed E-state index contributed by atoms with van der Waals surface area (Å²) in [6.45, 7) is 5.34. The molecule has 3 atom stereocenters. The van der Waals surface area contributed by atoms with Crippen LogP contribution in [0.15, 0.2) is 24.5 Å². The van der Waals surface area contributed by atoms with Gasteiger partial charge in [-0.3, -0.25) is 14.7 Å². The van der Waals surface area contributed by atoms with Crippen molar-refractivity contribution in [3.8, 4) is 0 Å². The molecule has 1 amide bonds. The molecule has 6 heteroatoms. The largest absolute Gasteiger partial charge is 0.378 e. The molecule has 4 heterocycles. The van der Waals surface area contributed by atoms with Crippen molar-refractivity contribution in [2.75, 3.05) is 39.4 Å². The number of hydrogen-bond acceptors (Lipinski definition) is 5. The van der Waals surface area contributed by atoms with Gasteiger partial charge in [0.2, 0.25) is 5.91 Å². The van der Waals surface area contributed by atoms with E-state index in [0.29, 0.717) is 26.3 Å².